The van der Waals surface area contributed by atoms with Gasteiger partial charge in [0.2, 0.25) is 5.91 Å². The second-order valence-corrected chi connectivity index (χ2v) is 9.84. The van der Waals surface area contributed by atoms with Gasteiger partial charge in [-0.15, -0.1) is 0 Å². The van der Waals surface area contributed by atoms with Crippen LogP contribution in [0.25, 0.3) is 28.0 Å². The Hall–Kier alpha value is -4.18. The van der Waals surface area contributed by atoms with Gasteiger partial charge >= 0.3 is 0 Å². The zero-order valence-electron chi connectivity index (χ0n) is 21.4. The van der Waals surface area contributed by atoms with E-state index in [9.17, 15) is 19.1 Å². The number of hydrogen-bond acceptors (Lipinski definition) is 7. The molecule has 1 aromatic carbocycles. The summed E-state index contributed by atoms with van der Waals surface area (Å²) in [6.45, 7) is 4.77. The van der Waals surface area contributed by atoms with E-state index in [2.05, 4.69) is 10.1 Å². The van der Waals surface area contributed by atoms with Gasteiger partial charge in [0.25, 0.3) is 0 Å². The van der Waals surface area contributed by atoms with E-state index in [4.69, 9.17) is 10.7 Å². The molecule has 0 spiro atoms. The first-order valence-corrected chi connectivity index (χ1v) is 12.5. The number of halogens is 1. The second kappa shape index (κ2) is 9.94. The number of anilines is 1. The number of pyridine rings is 1. The third-order valence-electron chi connectivity index (χ3n) is 7.30. The van der Waals surface area contributed by atoms with Crippen LogP contribution in [-0.2, 0) is 4.79 Å². The molecule has 4 aromatic rings. The number of Topliss-reactive ketones (excluding diaryl/α,β-unsaturated/α-hetero) is 1. The molecule has 9 nitrogen and oxygen atoms in total. The first-order valence-electron chi connectivity index (χ1n) is 12.5. The highest BCUT2D eigenvalue weighted by Crippen LogP contribution is 2.38. The van der Waals surface area contributed by atoms with Crippen LogP contribution in [0.1, 0.15) is 55.6 Å². The van der Waals surface area contributed by atoms with Crippen LogP contribution in [0.2, 0.25) is 0 Å². The SMILES string of the molecule is CC(=O)c1c(C2CC(C)N(C(=O)CO)[C@@H](C)C2)nc2c(-c3ccc(-c4ccccc4F)nc3)cnn2c1N. The Balaban J connectivity index is 1.57. The van der Waals surface area contributed by atoms with Crippen molar-refractivity contribution in [1.29, 1.82) is 0 Å². The Morgan fingerprint density at radius 2 is 1.79 bits per heavy atom. The average molecular weight is 517 g/mol. The van der Waals surface area contributed by atoms with Crippen molar-refractivity contribution in [1.82, 2.24) is 24.5 Å². The van der Waals surface area contributed by atoms with E-state index >= 15 is 0 Å². The van der Waals surface area contributed by atoms with Crippen LogP contribution in [0.4, 0.5) is 10.2 Å². The van der Waals surface area contributed by atoms with E-state index in [1.807, 2.05) is 19.9 Å². The fourth-order valence-corrected chi connectivity index (χ4v) is 5.65. The summed E-state index contributed by atoms with van der Waals surface area (Å²) in [5.41, 5.74) is 10.2. The van der Waals surface area contributed by atoms with Crippen molar-refractivity contribution in [3.63, 3.8) is 0 Å². The van der Waals surface area contributed by atoms with Crippen LogP contribution >= 0.6 is 0 Å². The van der Waals surface area contributed by atoms with Crippen LogP contribution in [0.3, 0.4) is 0 Å². The van der Waals surface area contributed by atoms with Crippen LogP contribution in [0.5, 0.6) is 0 Å². The minimum absolute atomic E-state index is 0.127. The van der Waals surface area contributed by atoms with E-state index < -0.39 is 6.61 Å². The lowest BCUT2D eigenvalue weighted by Gasteiger charge is -2.42. The average Bonchev–Trinajstić information content (AvgIpc) is 3.32. The molecular weight excluding hydrogens is 487 g/mol. The fraction of sp³-hybridized carbons (Fsp3) is 0.321. The molecule has 0 aliphatic carbocycles. The van der Waals surface area contributed by atoms with Crippen molar-refractivity contribution in [2.45, 2.75) is 51.6 Å². The fourth-order valence-electron chi connectivity index (χ4n) is 5.65. The molecule has 3 atom stereocenters. The van der Waals surface area contributed by atoms with Gasteiger partial charge in [-0.2, -0.15) is 9.61 Å². The number of nitrogens with two attached hydrogens (primary N) is 1. The van der Waals surface area contributed by atoms with Crippen molar-refractivity contribution in [3.8, 4) is 22.4 Å². The first kappa shape index (κ1) is 25.5. The highest BCUT2D eigenvalue weighted by Gasteiger charge is 2.37. The Labute approximate surface area is 219 Å². The molecular formula is C28H29FN6O3. The van der Waals surface area contributed by atoms with Gasteiger partial charge in [-0.1, -0.05) is 18.2 Å². The van der Waals surface area contributed by atoms with Gasteiger partial charge in [0.1, 0.15) is 18.2 Å². The van der Waals surface area contributed by atoms with Crippen LogP contribution < -0.4 is 5.73 Å². The number of hydrogen-bond donors (Lipinski definition) is 2. The molecule has 5 rings (SSSR count). The lowest BCUT2D eigenvalue weighted by molar-refractivity contribution is -0.140. The lowest BCUT2D eigenvalue weighted by atomic mass is 9.82. The molecule has 1 fully saturated rings. The van der Waals surface area contributed by atoms with Crippen LogP contribution in [0, 0.1) is 5.82 Å². The number of amides is 1. The summed E-state index contributed by atoms with van der Waals surface area (Å²) in [4.78, 5) is 36.1. The molecule has 38 heavy (non-hydrogen) atoms. The Kier molecular flexibility index (Phi) is 6.66. The van der Waals surface area contributed by atoms with Gasteiger partial charge in [-0.05, 0) is 51.8 Å². The minimum Gasteiger partial charge on any atom is -0.387 e. The number of benzene rings is 1. The number of aromatic nitrogens is 4. The van der Waals surface area contributed by atoms with Crippen molar-refractivity contribution in [2.75, 3.05) is 12.3 Å². The van der Waals surface area contributed by atoms with Gasteiger partial charge in [-0.3, -0.25) is 14.6 Å². The monoisotopic (exact) mass is 516 g/mol. The normalized spacial score (nSPS) is 19.6. The predicted octanol–water partition coefficient (Wildman–Crippen LogP) is 3.86. The molecule has 196 valence electrons. The molecule has 4 heterocycles. The van der Waals surface area contributed by atoms with E-state index in [1.54, 1.807) is 41.6 Å². The maximum Gasteiger partial charge on any atom is 0.248 e. The number of likely N-dealkylation sites (tertiary alicyclic amines) is 1. The minimum atomic E-state index is -0.544. The van der Waals surface area contributed by atoms with Gasteiger partial charge < -0.3 is 15.7 Å². The molecule has 10 heteroatoms. The van der Waals surface area contributed by atoms with Crippen LogP contribution in [-0.4, -0.2) is 60.0 Å². The number of piperidine rings is 1. The zero-order valence-corrected chi connectivity index (χ0v) is 21.4. The second-order valence-electron chi connectivity index (χ2n) is 9.84. The maximum atomic E-state index is 14.2. The molecule has 1 aliphatic heterocycles. The van der Waals surface area contributed by atoms with E-state index in [0.717, 1.165) is 5.56 Å². The summed E-state index contributed by atoms with van der Waals surface area (Å²) < 4.78 is 15.7. The number of carbonyl (C=O) groups excluding carboxylic acids is 2. The van der Waals surface area contributed by atoms with Crippen molar-refractivity contribution in [2.24, 2.45) is 0 Å². The number of fused-ring (bicyclic) bond motifs is 1. The molecule has 0 radical (unpaired) electrons. The summed E-state index contributed by atoms with van der Waals surface area (Å²) in [6, 6.07) is 9.71. The molecule has 2 unspecified atom stereocenters. The topological polar surface area (TPSA) is 127 Å². The molecule has 0 saturated carbocycles. The summed E-state index contributed by atoms with van der Waals surface area (Å²) in [5.74, 6) is -0.807. The number of carbonyl (C=O) groups is 2. The Morgan fingerprint density at radius 1 is 1.08 bits per heavy atom. The molecule has 1 aliphatic rings. The van der Waals surface area contributed by atoms with Gasteiger partial charge in [0.05, 0.1) is 23.1 Å². The third-order valence-corrected chi connectivity index (χ3v) is 7.30. The predicted molar refractivity (Wildman–Crippen MR) is 141 cm³/mol. The van der Waals surface area contributed by atoms with Crippen molar-refractivity contribution < 1.29 is 19.1 Å². The van der Waals surface area contributed by atoms with Crippen molar-refractivity contribution >= 4 is 23.2 Å². The number of nitrogen functional groups attached to an aromatic ring is 1. The van der Waals surface area contributed by atoms with E-state index in [-0.39, 0.29) is 41.3 Å². The molecule has 1 amide bonds. The van der Waals surface area contributed by atoms with E-state index in [1.165, 1.54) is 17.5 Å². The highest BCUT2D eigenvalue weighted by molar-refractivity contribution is 6.00. The number of nitrogens with zero attached hydrogens (tertiary/aromatic N) is 5. The largest absolute Gasteiger partial charge is 0.387 e. The molecule has 3 aromatic heterocycles. The summed E-state index contributed by atoms with van der Waals surface area (Å²) >= 11 is 0. The van der Waals surface area contributed by atoms with E-state index in [0.29, 0.717) is 46.6 Å². The number of aliphatic hydroxyl groups is 1. The molecule has 1 saturated heterocycles. The summed E-state index contributed by atoms with van der Waals surface area (Å²) in [6.07, 6.45) is 4.40. The molecule has 0 bridgehead atoms. The lowest BCUT2D eigenvalue weighted by Crippen LogP contribution is -2.50. The van der Waals surface area contributed by atoms with Gasteiger partial charge in [0, 0.05) is 40.9 Å². The third kappa shape index (κ3) is 4.30. The summed E-state index contributed by atoms with van der Waals surface area (Å²) in [5, 5.41) is 13.8. The smallest absolute Gasteiger partial charge is 0.248 e. The first-order chi connectivity index (χ1) is 18.2. The number of aliphatic hydroxyl groups excluding tert-OH is 1. The molecule has 3 N–H and O–H groups in total. The van der Waals surface area contributed by atoms with Gasteiger partial charge in [0.15, 0.2) is 11.4 Å². The summed E-state index contributed by atoms with van der Waals surface area (Å²) in [7, 11) is 0. The highest BCUT2D eigenvalue weighted by atomic mass is 19.1. The standard InChI is InChI=1S/C28H29FN6O3/c1-15-10-19(11-16(2)34(15)24(38)14-36)26-25(17(3)37)27(30)35-28(33-26)21(13-32-35)18-8-9-23(31-12-18)20-6-4-5-7-22(20)29/h4-9,12-13,15-16,19,36H,10-11,14,30H2,1-3H3/t15-,16?,19?/m0/s1. The number of rotatable bonds is 5. The maximum absolute atomic E-state index is 14.2. The van der Waals surface area contributed by atoms with Crippen molar-refractivity contribution in [3.05, 3.63) is 65.9 Å². The Bertz CT molecular complexity index is 1520. The zero-order chi connectivity index (χ0) is 27.1. The van der Waals surface area contributed by atoms with Gasteiger partial charge in [-0.25, -0.2) is 9.37 Å². The van der Waals surface area contributed by atoms with Crippen LogP contribution in [0.15, 0.2) is 48.8 Å². The quantitative estimate of drug-likeness (QED) is 0.386. The Morgan fingerprint density at radius 3 is 2.39 bits per heavy atom. The number of ketones is 1.